The monoisotopic (exact) mass is 310 g/mol. The Kier molecular flexibility index (Phi) is 6.37. The van der Waals surface area contributed by atoms with Crippen LogP contribution in [0, 0.1) is 11.8 Å². The van der Waals surface area contributed by atoms with E-state index >= 15 is 0 Å². The molecule has 0 N–H and O–H groups in total. The van der Waals surface area contributed by atoms with Crippen molar-refractivity contribution in [3.63, 3.8) is 0 Å². The Morgan fingerprint density at radius 3 is 1.48 bits per heavy atom. The van der Waals surface area contributed by atoms with Crippen LogP contribution < -0.4 is 0 Å². The lowest BCUT2D eigenvalue weighted by Gasteiger charge is -2.50. The van der Waals surface area contributed by atoms with E-state index in [-0.39, 0.29) is 0 Å². The first-order valence-electron chi connectivity index (χ1n) is 9.64. The molecule has 0 saturated heterocycles. The summed E-state index contributed by atoms with van der Waals surface area (Å²) in [5, 5.41) is 0. The Hall–Kier alpha value is 0.177. The Labute approximate surface area is 134 Å². The van der Waals surface area contributed by atoms with Gasteiger partial charge in [0, 0.05) is 6.61 Å². The van der Waals surface area contributed by atoms with E-state index in [2.05, 4.69) is 34.6 Å². The summed E-state index contributed by atoms with van der Waals surface area (Å²) in [4.78, 5) is 0. The molecule has 1 nitrogen and oxygen atoms in total. The van der Waals surface area contributed by atoms with Gasteiger partial charge in [0.05, 0.1) is 0 Å². The highest BCUT2D eigenvalue weighted by molar-refractivity contribution is 6.78. The van der Waals surface area contributed by atoms with Gasteiger partial charge in [-0.3, -0.25) is 0 Å². The van der Waals surface area contributed by atoms with Crippen LogP contribution in [0.2, 0.25) is 16.6 Å². The van der Waals surface area contributed by atoms with Crippen LogP contribution in [0.15, 0.2) is 0 Å². The first-order chi connectivity index (χ1) is 10.0. The van der Waals surface area contributed by atoms with Gasteiger partial charge in [0.1, 0.15) is 0 Å². The summed E-state index contributed by atoms with van der Waals surface area (Å²) in [7, 11) is -1.63. The zero-order chi connectivity index (χ0) is 15.5. The Morgan fingerprint density at radius 1 is 0.810 bits per heavy atom. The predicted octanol–water partition coefficient (Wildman–Crippen LogP) is 6.54. The molecule has 0 heterocycles. The lowest BCUT2D eigenvalue weighted by Crippen LogP contribution is -2.52. The third kappa shape index (κ3) is 3.75. The summed E-state index contributed by atoms with van der Waals surface area (Å²) in [6, 6.07) is 0. The van der Waals surface area contributed by atoms with E-state index < -0.39 is 8.32 Å². The zero-order valence-electron chi connectivity index (χ0n) is 15.2. The largest absolute Gasteiger partial charge is 0.416 e. The summed E-state index contributed by atoms with van der Waals surface area (Å²) in [6.07, 6.45) is 11.6. The molecule has 0 atom stereocenters. The van der Waals surface area contributed by atoms with Gasteiger partial charge in [-0.2, -0.15) is 0 Å². The van der Waals surface area contributed by atoms with E-state index in [1.807, 2.05) is 0 Å². The number of hydrogen-bond acceptors (Lipinski definition) is 1. The molecule has 0 aliphatic heterocycles. The summed E-state index contributed by atoms with van der Waals surface area (Å²) in [6.45, 7) is 13.0. The van der Waals surface area contributed by atoms with Gasteiger partial charge in [-0.15, -0.1) is 0 Å². The summed E-state index contributed by atoms with van der Waals surface area (Å²) < 4.78 is 6.78. The molecule has 0 aromatic carbocycles. The number of hydrogen-bond donors (Lipinski definition) is 0. The summed E-state index contributed by atoms with van der Waals surface area (Å²) in [5.74, 6) is 1.90. The van der Waals surface area contributed by atoms with Gasteiger partial charge in [-0.05, 0) is 35.4 Å². The highest BCUT2D eigenvalue weighted by Gasteiger charge is 2.52. The molecule has 2 rings (SSSR count). The fourth-order valence-electron chi connectivity index (χ4n) is 5.35. The molecule has 124 valence electrons. The van der Waals surface area contributed by atoms with Crippen molar-refractivity contribution in [3.8, 4) is 0 Å². The Bertz CT molecular complexity index is 277. The van der Waals surface area contributed by atoms with E-state index in [1.165, 1.54) is 51.4 Å². The van der Waals surface area contributed by atoms with Crippen LogP contribution in [0.5, 0.6) is 0 Å². The molecule has 0 aromatic heterocycles. The van der Waals surface area contributed by atoms with Crippen molar-refractivity contribution in [2.75, 3.05) is 6.61 Å². The van der Waals surface area contributed by atoms with E-state index in [0.717, 1.165) is 35.1 Å². The maximum atomic E-state index is 6.78. The van der Waals surface area contributed by atoms with Crippen LogP contribution in [0.25, 0.3) is 0 Å². The van der Waals surface area contributed by atoms with Crippen LogP contribution >= 0.6 is 0 Å². The van der Waals surface area contributed by atoms with E-state index in [9.17, 15) is 0 Å². The van der Waals surface area contributed by atoms with E-state index in [4.69, 9.17) is 4.43 Å². The topological polar surface area (TPSA) is 9.23 Å². The van der Waals surface area contributed by atoms with Crippen LogP contribution in [-0.2, 0) is 4.43 Å². The SMILES string of the molecule is CCO[Si](C(C)C)(C1CCC(C)CC1)C1CCC(C)CC1. The van der Waals surface area contributed by atoms with Gasteiger partial charge in [-0.25, -0.2) is 0 Å². The van der Waals surface area contributed by atoms with Crippen molar-refractivity contribution in [1.29, 1.82) is 0 Å². The molecule has 0 amide bonds. The average Bonchev–Trinajstić information content (AvgIpc) is 2.46. The minimum absolute atomic E-state index is 0.786. The molecule has 2 aliphatic carbocycles. The fraction of sp³-hybridized carbons (Fsp3) is 1.00. The second kappa shape index (κ2) is 7.63. The molecule has 0 spiro atoms. The molecule has 2 saturated carbocycles. The quantitative estimate of drug-likeness (QED) is 0.524. The lowest BCUT2D eigenvalue weighted by molar-refractivity contribution is 0.247. The van der Waals surface area contributed by atoms with Gasteiger partial charge in [0.25, 0.3) is 0 Å². The van der Waals surface area contributed by atoms with Gasteiger partial charge in [0.2, 0.25) is 8.32 Å². The minimum atomic E-state index is -1.63. The van der Waals surface area contributed by atoms with E-state index in [1.54, 1.807) is 0 Å². The first kappa shape index (κ1) is 17.5. The molecule has 21 heavy (non-hydrogen) atoms. The van der Waals surface area contributed by atoms with Crippen LogP contribution in [0.3, 0.4) is 0 Å². The molecule has 0 radical (unpaired) electrons. The lowest BCUT2D eigenvalue weighted by atomic mass is 9.90. The normalized spacial score (nSPS) is 37.4. The third-order valence-corrected chi connectivity index (χ3v) is 12.9. The van der Waals surface area contributed by atoms with Crippen molar-refractivity contribution in [2.24, 2.45) is 11.8 Å². The van der Waals surface area contributed by atoms with Gasteiger partial charge < -0.3 is 4.43 Å². The highest BCUT2D eigenvalue weighted by atomic mass is 28.4. The summed E-state index contributed by atoms with van der Waals surface area (Å²) >= 11 is 0. The molecule has 2 aliphatic rings. The second-order valence-corrected chi connectivity index (χ2v) is 13.1. The van der Waals surface area contributed by atoms with Crippen molar-refractivity contribution in [1.82, 2.24) is 0 Å². The smallest absolute Gasteiger partial charge is 0.201 e. The van der Waals surface area contributed by atoms with Crippen molar-refractivity contribution < 1.29 is 4.43 Å². The Morgan fingerprint density at radius 2 is 1.19 bits per heavy atom. The molecule has 0 aromatic rings. The fourth-order valence-corrected chi connectivity index (χ4v) is 11.7. The van der Waals surface area contributed by atoms with Crippen LogP contribution in [-0.4, -0.2) is 14.9 Å². The molecule has 0 unspecified atom stereocenters. The van der Waals surface area contributed by atoms with Crippen LogP contribution in [0.1, 0.15) is 86.0 Å². The van der Waals surface area contributed by atoms with Gasteiger partial charge >= 0.3 is 0 Å². The molecular formula is C19H38OSi. The van der Waals surface area contributed by atoms with Crippen molar-refractivity contribution >= 4 is 8.32 Å². The highest BCUT2D eigenvalue weighted by Crippen LogP contribution is 2.54. The standard InChI is InChI=1S/C19H38OSi/c1-6-20-21(15(2)3,18-11-7-16(4)8-12-18)19-13-9-17(5)10-14-19/h15-19H,6-14H2,1-5H3. The predicted molar refractivity (Wildman–Crippen MR) is 95.2 cm³/mol. The van der Waals surface area contributed by atoms with E-state index in [0.29, 0.717) is 0 Å². The van der Waals surface area contributed by atoms with Gasteiger partial charge in [0.15, 0.2) is 0 Å². The van der Waals surface area contributed by atoms with Crippen LogP contribution in [0.4, 0.5) is 0 Å². The summed E-state index contributed by atoms with van der Waals surface area (Å²) in [5.41, 5.74) is 2.66. The Balaban J connectivity index is 2.20. The average molecular weight is 311 g/mol. The van der Waals surface area contributed by atoms with Gasteiger partial charge in [-0.1, -0.05) is 79.1 Å². The number of rotatable bonds is 5. The van der Waals surface area contributed by atoms with Crippen molar-refractivity contribution in [3.05, 3.63) is 0 Å². The second-order valence-electron chi connectivity index (χ2n) is 8.35. The maximum Gasteiger partial charge on any atom is 0.201 e. The first-order valence-corrected chi connectivity index (χ1v) is 11.8. The zero-order valence-corrected chi connectivity index (χ0v) is 16.2. The van der Waals surface area contributed by atoms with Crippen molar-refractivity contribution in [2.45, 2.75) is 103 Å². The molecule has 0 bridgehead atoms. The minimum Gasteiger partial charge on any atom is -0.416 e. The molecular weight excluding hydrogens is 272 g/mol. The molecule has 2 fully saturated rings. The molecule has 2 heteroatoms. The maximum absolute atomic E-state index is 6.78. The third-order valence-electron chi connectivity index (χ3n) is 6.60.